The number of piperazine rings is 1. The van der Waals surface area contributed by atoms with E-state index in [2.05, 4.69) is 4.90 Å². The van der Waals surface area contributed by atoms with Crippen molar-refractivity contribution >= 4 is 19.2 Å². The van der Waals surface area contributed by atoms with Gasteiger partial charge >= 0.3 is 5.97 Å². The molecule has 10 nitrogen and oxygen atoms in total. The predicted molar refractivity (Wildman–Crippen MR) is 107 cm³/mol. The molecule has 1 amide bonds. The SMILES string of the molecule is CC(C)OOCOP(C)(=O)COC(=O)C1C2CCC(O2)C1C(=O)N1CCN(C)CC1. The number of hydrogen-bond donors (Lipinski definition) is 0. The summed E-state index contributed by atoms with van der Waals surface area (Å²) in [6.45, 7) is 7.50. The molecule has 5 unspecified atom stereocenters. The molecule has 3 aliphatic rings. The summed E-state index contributed by atoms with van der Waals surface area (Å²) >= 11 is 0. The Morgan fingerprint density at radius 3 is 2.37 bits per heavy atom. The summed E-state index contributed by atoms with van der Waals surface area (Å²) in [6, 6.07) is 0. The van der Waals surface area contributed by atoms with Crippen LogP contribution in [0.1, 0.15) is 26.7 Å². The molecule has 0 aromatic carbocycles. The molecule has 3 heterocycles. The van der Waals surface area contributed by atoms with Crippen molar-refractivity contribution < 1.29 is 37.9 Å². The summed E-state index contributed by atoms with van der Waals surface area (Å²) in [5.74, 6) is -1.82. The lowest BCUT2D eigenvalue weighted by Gasteiger charge is -2.36. The Morgan fingerprint density at radius 1 is 1.10 bits per heavy atom. The van der Waals surface area contributed by atoms with Gasteiger partial charge in [-0.1, -0.05) is 0 Å². The number of carbonyl (C=O) groups is 2. The van der Waals surface area contributed by atoms with Crippen LogP contribution in [0, 0.1) is 11.8 Å². The second-order valence-electron chi connectivity index (χ2n) is 8.59. The Hall–Kier alpha value is -1.03. The van der Waals surface area contributed by atoms with Crippen LogP contribution in [-0.2, 0) is 37.9 Å². The number of rotatable bonds is 9. The molecule has 3 rings (SSSR count). The molecule has 3 aliphatic heterocycles. The van der Waals surface area contributed by atoms with Crippen LogP contribution in [0.3, 0.4) is 0 Å². The Labute approximate surface area is 177 Å². The minimum Gasteiger partial charge on any atom is -0.455 e. The van der Waals surface area contributed by atoms with Gasteiger partial charge in [0.05, 0.1) is 30.1 Å². The summed E-state index contributed by atoms with van der Waals surface area (Å²) in [4.78, 5) is 39.6. The molecule has 30 heavy (non-hydrogen) atoms. The van der Waals surface area contributed by atoms with E-state index in [1.807, 2.05) is 11.9 Å². The van der Waals surface area contributed by atoms with Gasteiger partial charge in [-0.25, -0.2) is 9.78 Å². The predicted octanol–water partition coefficient (Wildman–Crippen LogP) is 1.29. The molecule has 3 saturated heterocycles. The van der Waals surface area contributed by atoms with E-state index in [1.54, 1.807) is 13.8 Å². The smallest absolute Gasteiger partial charge is 0.313 e. The van der Waals surface area contributed by atoms with Crippen LogP contribution >= 0.6 is 7.37 Å². The van der Waals surface area contributed by atoms with Crippen LogP contribution in [0.5, 0.6) is 0 Å². The zero-order valence-corrected chi connectivity index (χ0v) is 19.0. The highest BCUT2D eigenvalue weighted by atomic mass is 31.2. The second kappa shape index (κ2) is 10.1. The number of ether oxygens (including phenoxy) is 2. The van der Waals surface area contributed by atoms with E-state index in [1.165, 1.54) is 6.66 Å². The fraction of sp³-hybridized carbons (Fsp3) is 0.895. The number of esters is 1. The van der Waals surface area contributed by atoms with Gasteiger partial charge in [0.2, 0.25) is 13.3 Å². The van der Waals surface area contributed by atoms with Crippen molar-refractivity contribution in [2.75, 3.05) is 53.0 Å². The zero-order chi connectivity index (χ0) is 21.9. The van der Waals surface area contributed by atoms with Crippen LogP contribution in [0.4, 0.5) is 0 Å². The first kappa shape index (κ1) is 23.6. The van der Waals surface area contributed by atoms with Gasteiger partial charge in [0, 0.05) is 32.8 Å². The highest BCUT2D eigenvalue weighted by Crippen LogP contribution is 2.47. The van der Waals surface area contributed by atoms with Crippen LogP contribution < -0.4 is 0 Å². The van der Waals surface area contributed by atoms with E-state index >= 15 is 0 Å². The van der Waals surface area contributed by atoms with Crippen molar-refractivity contribution in [3.05, 3.63) is 0 Å². The second-order valence-corrected chi connectivity index (χ2v) is 11.1. The largest absolute Gasteiger partial charge is 0.455 e. The summed E-state index contributed by atoms with van der Waals surface area (Å²) in [7, 11) is -1.21. The Kier molecular flexibility index (Phi) is 7.92. The monoisotopic (exact) mass is 448 g/mol. The minimum atomic E-state index is -3.23. The molecule has 0 saturated carbocycles. The van der Waals surface area contributed by atoms with Gasteiger partial charge in [-0.15, -0.1) is 0 Å². The number of nitrogens with zero attached hydrogens (tertiary/aromatic N) is 2. The molecule has 0 radical (unpaired) electrons. The average molecular weight is 448 g/mol. The Balaban J connectivity index is 1.54. The molecule has 3 fully saturated rings. The number of fused-ring (bicyclic) bond motifs is 2. The van der Waals surface area contributed by atoms with Gasteiger partial charge in [-0.2, -0.15) is 0 Å². The fourth-order valence-electron chi connectivity index (χ4n) is 4.14. The molecule has 0 N–H and O–H groups in total. The van der Waals surface area contributed by atoms with Gasteiger partial charge < -0.3 is 19.3 Å². The molecular weight excluding hydrogens is 415 g/mol. The first-order chi connectivity index (χ1) is 14.2. The molecule has 0 aliphatic carbocycles. The quantitative estimate of drug-likeness (QED) is 0.129. The lowest BCUT2D eigenvalue weighted by atomic mass is 9.78. The normalized spacial score (nSPS) is 31.2. The Bertz CT molecular complexity index is 667. The van der Waals surface area contributed by atoms with Gasteiger partial charge in [-0.3, -0.25) is 18.7 Å². The number of likely N-dealkylation sites (N-methyl/N-ethyl adjacent to an activating group) is 1. The third kappa shape index (κ3) is 5.81. The number of amides is 1. The topological polar surface area (TPSA) is 104 Å². The van der Waals surface area contributed by atoms with Crippen molar-refractivity contribution in [1.82, 2.24) is 9.80 Å². The highest BCUT2D eigenvalue weighted by molar-refractivity contribution is 7.57. The van der Waals surface area contributed by atoms with Crippen molar-refractivity contribution in [2.24, 2.45) is 11.8 Å². The van der Waals surface area contributed by atoms with E-state index < -0.39 is 25.2 Å². The minimum absolute atomic E-state index is 0.0487. The summed E-state index contributed by atoms with van der Waals surface area (Å²) in [6.07, 6.45) is 0.351. The number of carbonyl (C=O) groups excluding carboxylic acids is 2. The molecular formula is C19H33N2O8P. The third-order valence-corrected chi connectivity index (χ3v) is 6.97. The molecule has 11 heteroatoms. The zero-order valence-electron chi connectivity index (χ0n) is 18.2. The van der Waals surface area contributed by atoms with E-state index in [0.29, 0.717) is 13.1 Å². The summed E-state index contributed by atoms with van der Waals surface area (Å²) in [5, 5.41) is 0. The van der Waals surface area contributed by atoms with E-state index in [4.69, 9.17) is 23.8 Å². The van der Waals surface area contributed by atoms with Gasteiger partial charge in [0.25, 0.3) is 0 Å². The van der Waals surface area contributed by atoms with Gasteiger partial charge in [0.1, 0.15) is 0 Å². The number of hydrogen-bond acceptors (Lipinski definition) is 9. The Morgan fingerprint density at radius 2 is 1.73 bits per heavy atom. The van der Waals surface area contributed by atoms with Crippen molar-refractivity contribution in [3.8, 4) is 0 Å². The van der Waals surface area contributed by atoms with Gasteiger partial charge in [-0.05, 0) is 33.7 Å². The fourth-order valence-corrected chi connectivity index (χ4v) is 4.84. The first-order valence-electron chi connectivity index (χ1n) is 10.5. The molecule has 0 spiro atoms. The van der Waals surface area contributed by atoms with Crippen LogP contribution in [0.15, 0.2) is 0 Å². The van der Waals surface area contributed by atoms with Crippen LogP contribution in [0.2, 0.25) is 0 Å². The maximum absolute atomic E-state index is 13.2. The van der Waals surface area contributed by atoms with E-state index in [0.717, 1.165) is 25.9 Å². The molecule has 0 aromatic heterocycles. The lowest BCUT2D eigenvalue weighted by Crippen LogP contribution is -2.52. The van der Waals surface area contributed by atoms with E-state index in [9.17, 15) is 14.2 Å². The maximum Gasteiger partial charge on any atom is 0.313 e. The van der Waals surface area contributed by atoms with Crippen molar-refractivity contribution in [3.63, 3.8) is 0 Å². The first-order valence-corrected chi connectivity index (χ1v) is 12.7. The van der Waals surface area contributed by atoms with E-state index in [-0.39, 0.29) is 37.4 Å². The summed E-state index contributed by atoms with van der Waals surface area (Å²) in [5.41, 5.74) is 0. The molecule has 0 aromatic rings. The van der Waals surface area contributed by atoms with Crippen molar-refractivity contribution in [1.29, 1.82) is 0 Å². The lowest BCUT2D eigenvalue weighted by molar-refractivity contribution is -0.342. The standard InChI is InChI=1S/C19H33N2O8P/c1-13(2)29-26-11-27-30(4,24)12-25-19(23)17-15-6-5-14(28-15)16(17)18(22)21-9-7-20(3)8-10-21/h13-17H,5-12H2,1-4H3. The highest BCUT2D eigenvalue weighted by Gasteiger charge is 2.57. The summed E-state index contributed by atoms with van der Waals surface area (Å²) < 4.78 is 28.9. The van der Waals surface area contributed by atoms with Crippen LogP contribution in [0.25, 0.3) is 0 Å². The van der Waals surface area contributed by atoms with Gasteiger partial charge in [0.15, 0.2) is 13.1 Å². The van der Waals surface area contributed by atoms with Crippen molar-refractivity contribution in [2.45, 2.75) is 45.0 Å². The molecule has 172 valence electrons. The third-order valence-electron chi connectivity index (χ3n) is 5.72. The average Bonchev–Trinajstić information content (AvgIpc) is 3.31. The molecule has 5 atom stereocenters. The van der Waals surface area contributed by atoms with Crippen LogP contribution in [-0.4, -0.2) is 93.0 Å². The molecule has 2 bridgehead atoms. The maximum atomic E-state index is 13.2.